The summed E-state index contributed by atoms with van der Waals surface area (Å²) < 4.78 is 1.15. The zero-order valence-corrected chi connectivity index (χ0v) is 26.5. The normalized spacial score (nSPS) is 12.4. The summed E-state index contributed by atoms with van der Waals surface area (Å²) in [7, 11) is 4.98. The van der Waals surface area contributed by atoms with Gasteiger partial charge in [-0.05, 0) is 19.3 Å². The van der Waals surface area contributed by atoms with Crippen LogP contribution in [0.4, 0.5) is 0 Å². The number of nitrogens with zero attached hydrogens (tertiary/aromatic N) is 1. The fourth-order valence-electron chi connectivity index (χ4n) is 5.94. The van der Waals surface area contributed by atoms with E-state index in [9.17, 15) is 0 Å². The van der Waals surface area contributed by atoms with E-state index in [-0.39, 0.29) is 12.4 Å². The molecular formula is C35H66ClN. The second kappa shape index (κ2) is 25.7. The molecule has 1 nitrogen and oxygen atoms in total. The molecule has 218 valence electrons. The highest BCUT2D eigenvalue weighted by molar-refractivity contribution is 5.17. The second-order valence-electron chi connectivity index (χ2n) is 12.3. The summed E-state index contributed by atoms with van der Waals surface area (Å²) in [5.41, 5.74) is 1.55. The maximum Gasteiger partial charge on any atom is 0.114 e. The molecule has 1 rings (SSSR count). The molecule has 0 saturated carbocycles. The van der Waals surface area contributed by atoms with Gasteiger partial charge in [-0.15, -0.1) is 0 Å². The zero-order valence-electron chi connectivity index (χ0n) is 25.8. The molecule has 1 aromatic carbocycles. The van der Waals surface area contributed by atoms with Crippen molar-refractivity contribution in [3.8, 4) is 0 Å². The summed E-state index contributed by atoms with van der Waals surface area (Å²) in [6, 6.07) is 12.1. The van der Waals surface area contributed by atoms with Gasteiger partial charge >= 0.3 is 0 Å². The third-order valence-electron chi connectivity index (χ3n) is 8.45. The molecule has 0 radical (unpaired) electrons. The molecule has 0 N–H and O–H groups in total. The minimum Gasteiger partial charge on any atom is -1.00 e. The summed E-state index contributed by atoms with van der Waals surface area (Å²) in [5, 5.41) is 0. The Bertz CT molecular complexity index is 570. The van der Waals surface area contributed by atoms with Crippen LogP contribution >= 0.6 is 0 Å². The quantitative estimate of drug-likeness (QED) is 0.0820. The van der Waals surface area contributed by atoms with E-state index in [1.54, 1.807) is 5.56 Å². The van der Waals surface area contributed by atoms with Crippen LogP contribution in [-0.4, -0.2) is 25.1 Å². The molecule has 0 aromatic heterocycles. The van der Waals surface area contributed by atoms with E-state index in [1.165, 1.54) is 154 Å². The predicted molar refractivity (Wildman–Crippen MR) is 164 cm³/mol. The van der Waals surface area contributed by atoms with Gasteiger partial charge in [0.15, 0.2) is 0 Å². The van der Waals surface area contributed by atoms with Crippen molar-refractivity contribution < 1.29 is 16.9 Å². The smallest absolute Gasteiger partial charge is 0.114 e. The highest BCUT2D eigenvalue weighted by Gasteiger charge is 2.28. The monoisotopic (exact) mass is 535 g/mol. The Labute approximate surface area is 240 Å². The van der Waals surface area contributed by atoms with Gasteiger partial charge in [0.2, 0.25) is 0 Å². The topological polar surface area (TPSA) is 0 Å². The van der Waals surface area contributed by atoms with Crippen LogP contribution in [0.15, 0.2) is 30.3 Å². The van der Waals surface area contributed by atoms with Crippen LogP contribution in [0.25, 0.3) is 0 Å². The summed E-state index contributed by atoms with van der Waals surface area (Å²) in [4.78, 5) is 0. The summed E-state index contributed by atoms with van der Waals surface area (Å²) in [6.45, 7) is 5.93. The molecule has 0 bridgehead atoms. The zero-order chi connectivity index (χ0) is 26.2. The van der Waals surface area contributed by atoms with Gasteiger partial charge < -0.3 is 16.9 Å². The molecule has 37 heavy (non-hydrogen) atoms. The maximum absolute atomic E-state index is 2.49. The van der Waals surface area contributed by atoms with E-state index < -0.39 is 0 Å². The van der Waals surface area contributed by atoms with Crippen LogP contribution in [0.1, 0.15) is 173 Å². The number of hydrogen-bond donors (Lipinski definition) is 0. The highest BCUT2D eigenvalue weighted by Crippen LogP contribution is 2.31. The number of hydrogen-bond acceptors (Lipinski definition) is 0. The Hall–Kier alpha value is -0.530. The number of rotatable bonds is 26. The molecule has 0 heterocycles. The predicted octanol–water partition coefficient (Wildman–Crippen LogP) is 8.82. The SMILES string of the molecule is CCCCCCCCCCCCCCC(c1ccccc1)[N+](C)(C)CCCCCCCCCCCC.[Cl-]. The fraction of sp³-hybridized carbons (Fsp3) is 0.829. The molecule has 2 heteroatoms. The van der Waals surface area contributed by atoms with Gasteiger partial charge in [0.05, 0.1) is 20.6 Å². The van der Waals surface area contributed by atoms with Crippen LogP contribution in [0, 0.1) is 0 Å². The second-order valence-corrected chi connectivity index (χ2v) is 12.3. The largest absolute Gasteiger partial charge is 1.00 e. The van der Waals surface area contributed by atoms with Gasteiger partial charge in [-0.2, -0.15) is 0 Å². The lowest BCUT2D eigenvalue weighted by Gasteiger charge is -2.39. The number of quaternary nitrogens is 1. The van der Waals surface area contributed by atoms with Crippen molar-refractivity contribution in [1.82, 2.24) is 0 Å². The number of unbranched alkanes of at least 4 members (excludes halogenated alkanes) is 20. The van der Waals surface area contributed by atoms with Crippen LogP contribution in [0.5, 0.6) is 0 Å². The van der Waals surface area contributed by atoms with Crippen molar-refractivity contribution in [3.63, 3.8) is 0 Å². The standard InChI is InChI=1S/C35H66N.ClH/c1-5-7-9-11-13-15-17-18-19-21-23-28-32-35(34-30-26-25-27-31-34)36(3,4)33-29-24-22-20-16-14-12-10-8-6-2;/h25-27,30-31,35H,5-24,28-29,32-33H2,1-4H3;1H/q+1;/p-1. The first-order chi connectivity index (χ1) is 17.6. The lowest BCUT2D eigenvalue weighted by molar-refractivity contribution is -0.921. The van der Waals surface area contributed by atoms with Crippen LogP contribution < -0.4 is 12.4 Å². The minimum absolute atomic E-state index is 0. The average Bonchev–Trinajstić information content (AvgIpc) is 2.88. The summed E-state index contributed by atoms with van der Waals surface area (Å²) in [6.07, 6.45) is 32.8. The lowest BCUT2D eigenvalue weighted by atomic mass is 9.96. The van der Waals surface area contributed by atoms with E-state index in [0.717, 1.165) is 4.48 Å². The molecule has 1 atom stereocenters. The lowest BCUT2D eigenvalue weighted by Crippen LogP contribution is -3.00. The first-order valence-electron chi connectivity index (χ1n) is 16.5. The molecule has 0 aliphatic rings. The molecule has 0 fully saturated rings. The maximum atomic E-state index is 2.49. The Morgan fingerprint density at radius 3 is 1.24 bits per heavy atom. The molecule has 0 spiro atoms. The summed E-state index contributed by atoms with van der Waals surface area (Å²) >= 11 is 0. The summed E-state index contributed by atoms with van der Waals surface area (Å²) in [5.74, 6) is 0. The van der Waals surface area contributed by atoms with Gasteiger partial charge in [-0.1, -0.05) is 166 Å². The van der Waals surface area contributed by atoms with Crippen LogP contribution in [0.2, 0.25) is 0 Å². The molecule has 0 aliphatic carbocycles. The third kappa shape index (κ3) is 20.1. The first kappa shape index (κ1) is 36.5. The molecular weight excluding hydrogens is 470 g/mol. The van der Waals surface area contributed by atoms with Crippen molar-refractivity contribution in [2.24, 2.45) is 0 Å². The highest BCUT2D eigenvalue weighted by atomic mass is 35.5. The molecule has 0 saturated heterocycles. The molecule has 0 amide bonds. The molecule has 0 aliphatic heterocycles. The van der Waals surface area contributed by atoms with Crippen LogP contribution in [-0.2, 0) is 0 Å². The van der Waals surface area contributed by atoms with Crippen molar-refractivity contribution in [1.29, 1.82) is 0 Å². The first-order valence-corrected chi connectivity index (χ1v) is 16.5. The van der Waals surface area contributed by atoms with Crippen LogP contribution in [0.3, 0.4) is 0 Å². The van der Waals surface area contributed by atoms with Crippen molar-refractivity contribution in [2.75, 3.05) is 20.6 Å². The van der Waals surface area contributed by atoms with Gasteiger partial charge in [0.25, 0.3) is 0 Å². The Morgan fingerprint density at radius 1 is 0.486 bits per heavy atom. The van der Waals surface area contributed by atoms with E-state index in [2.05, 4.69) is 58.3 Å². The number of benzene rings is 1. The van der Waals surface area contributed by atoms with E-state index >= 15 is 0 Å². The van der Waals surface area contributed by atoms with Crippen molar-refractivity contribution >= 4 is 0 Å². The molecule has 1 aromatic rings. The average molecular weight is 536 g/mol. The van der Waals surface area contributed by atoms with Crippen molar-refractivity contribution in [3.05, 3.63) is 35.9 Å². The van der Waals surface area contributed by atoms with E-state index in [0.29, 0.717) is 6.04 Å². The van der Waals surface area contributed by atoms with E-state index in [1.807, 2.05) is 0 Å². The Kier molecular flexibility index (Phi) is 25.4. The van der Waals surface area contributed by atoms with E-state index in [4.69, 9.17) is 0 Å². The van der Waals surface area contributed by atoms with Crippen molar-refractivity contribution in [2.45, 2.75) is 168 Å². The Morgan fingerprint density at radius 2 is 0.838 bits per heavy atom. The third-order valence-corrected chi connectivity index (χ3v) is 8.45. The fourth-order valence-corrected chi connectivity index (χ4v) is 5.94. The Balaban J connectivity index is 0.0000130. The minimum atomic E-state index is 0. The molecule has 1 unspecified atom stereocenters. The number of halogens is 1. The van der Waals surface area contributed by atoms with Gasteiger partial charge in [-0.3, -0.25) is 0 Å². The van der Waals surface area contributed by atoms with Gasteiger partial charge in [0, 0.05) is 12.0 Å². The van der Waals surface area contributed by atoms with Gasteiger partial charge in [-0.25, -0.2) is 0 Å². The van der Waals surface area contributed by atoms with Gasteiger partial charge in [0.1, 0.15) is 6.04 Å².